The lowest BCUT2D eigenvalue weighted by Crippen LogP contribution is -2.12. The van der Waals surface area contributed by atoms with Crippen LogP contribution in [0.1, 0.15) is 31.0 Å². The Bertz CT molecular complexity index is 703. The number of aromatic nitrogens is 3. The van der Waals surface area contributed by atoms with E-state index in [0.29, 0.717) is 5.82 Å². The van der Waals surface area contributed by atoms with Crippen molar-refractivity contribution in [3.8, 4) is 5.88 Å². The van der Waals surface area contributed by atoms with Gasteiger partial charge in [-0.1, -0.05) is 13.8 Å². The van der Waals surface area contributed by atoms with Gasteiger partial charge in [-0.05, 0) is 24.4 Å². The first-order valence-electron chi connectivity index (χ1n) is 5.93. The van der Waals surface area contributed by atoms with Gasteiger partial charge < -0.3 is 4.74 Å². The van der Waals surface area contributed by atoms with Crippen molar-refractivity contribution in [2.45, 2.75) is 30.9 Å². The molecule has 0 unspecified atom stereocenters. The van der Waals surface area contributed by atoms with Crippen molar-refractivity contribution >= 4 is 27.4 Å². The van der Waals surface area contributed by atoms with E-state index < -0.39 is 10.0 Å². The second-order valence-corrected chi connectivity index (χ2v) is 7.27. The van der Waals surface area contributed by atoms with E-state index in [4.69, 9.17) is 4.74 Å². The smallest absolute Gasteiger partial charge is 0.274 e. The summed E-state index contributed by atoms with van der Waals surface area (Å²) in [6.45, 7) is 5.84. The fraction of sp³-hybridized carbons (Fsp3) is 0.455. The van der Waals surface area contributed by atoms with Crippen LogP contribution in [-0.2, 0) is 10.0 Å². The quantitative estimate of drug-likeness (QED) is 0.880. The zero-order chi connectivity index (χ0) is 14.9. The molecule has 0 saturated heterocycles. The van der Waals surface area contributed by atoms with Gasteiger partial charge in [0, 0.05) is 17.3 Å². The number of anilines is 1. The highest BCUT2D eigenvalue weighted by Gasteiger charge is 2.22. The third-order valence-electron chi connectivity index (χ3n) is 2.80. The van der Waals surface area contributed by atoms with Crippen LogP contribution in [0.3, 0.4) is 0 Å². The Morgan fingerprint density at radius 1 is 1.45 bits per heavy atom. The minimum absolute atomic E-state index is 0.0860. The second kappa shape index (κ2) is 5.41. The van der Waals surface area contributed by atoms with Gasteiger partial charge in [-0.2, -0.15) is 9.47 Å². The van der Waals surface area contributed by atoms with Gasteiger partial charge in [-0.15, -0.1) is 0 Å². The average molecular weight is 316 g/mol. The van der Waals surface area contributed by atoms with E-state index in [1.54, 1.807) is 0 Å². The Hall–Kier alpha value is -1.61. The summed E-state index contributed by atoms with van der Waals surface area (Å²) in [4.78, 5) is 0. The molecule has 0 atom stereocenters. The first-order chi connectivity index (χ1) is 9.35. The first kappa shape index (κ1) is 14.8. The number of methoxy groups -OCH3 is 1. The maximum absolute atomic E-state index is 12.2. The van der Waals surface area contributed by atoms with Crippen molar-refractivity contribution in [1.29, 1.82) is 0 Å². The van der Waals surface area contributed by atoms with Crippen molar-refractivity contribution in [3.63, 3.8) is 0 Å². The monoisotopic (exact) mass is 316 g/mol. The van der Waals surface area contributed by atoms with Crippen LogP contribution in [0.25, 0.3) is 0 Å². The average Bonchev–Trinajstić information content (AvgIpc) is 2.97. The molecule has 20 heavy (non-hydrogen) atoms. The van der Waals surface area contributed by atoms with Gasteiger partial charge in [0.05, 0.1) is 7.11 Å². The molecule has 0 saturated carbocycles. The molecule has 0 aromatic carbocycles. The SMILES string of the molecule is COc1cc(S(=O)(=O)Nc2n[nH]c(C(C)C)c2C)sn1. The number of rotatable bonds is 5. The summed E-state index contributed by atoms with van der Waals surface area (Å²) in [7, 11) is -2.26. The van der Waals surface area contributed by atoms with Crippen LogP contribution in [0.5, 0.6) is 5.88 Å². The van der Waals surface area contributed by atoms with Crippen LogP contribution in [-0.4, -0.2) is 30.1 Å². The molecule has 2 N–H and O–H groups in total. The van der Waals surface area contributed by atoms with E-state index in [-0.39, 0.29) is 16.0 Å². The Kier molecular flexibility index (Phi) is 4.00. The van der Waals surface area contributed by atoms with Crippen LogP contribution in [0, 0.1) is 6.92 Å². The van der Waals surface area contributed by atoms with Crippen molar-refractivity contribution in [2.24, 2.45) is 0 Å². The van der Waals surface area contributed by atoms with Gasteiger partial charge in [0.25, 0.3) is 10.0 Å². The second-order valence-electron chi connectivity index (χ2n) is 4.56. The standard InChI is InChI=1S/C11H16N4O3S2/c1-6(2)10-7(3)11(13-12-10)15-20(16,17)9-5-8(18-4)14-19-9/h5-6H,1-4H3,(H2,12,13,15). The number of H-pyrrole nitrogens is 1. The zero-order valence-corrected chi connectivity index (χ0v) is 13.2. The summed E-state index contributed by atoms with van der Waals surface area (Å²) >= 11 is 0.856. The van der Waals surface area contributed by atoms with Crippen molar-refractivity contribution in [1.82, 2.24) is 14.6 Å². The fourth-order valence-corrected chi connectivity index (χ4v) is 3.62. The maximum Gasteiger partial charge on any atom is 0.274 e. The van der Waals surface area contributed by atoms with E-state index in [1.807, 2.05) is 20.8 Å². The summed E-state index contributed by atoms with van der Waals surface area (Å²) in [6.07, 6.45) is 0. The molecule has 110 valence electrons. The fourth-order valence-electron chi connectivity index (χ4n) is 1.72. The summed E-state index contributed by atoms with van der Waals surface area (Å²) in [5, 5.41) is 6.86. The number of nitrogens with one attached hydrogen (secondary N) is 2. The van der Waals surface area contributed by atoms with E-state index >= 15 is 0 Å². The van der Waals surface area contributed by atoms with Gasteiger partial charge >= 0.3 is 0 Å². The first-order valence-corrected chi connectivity index (χ1v) is 8.19. The predicted molar refractivity (Wildman–Crippen MR) is 76.9 cm³/mol. The lowest BCUT2D eigenvalue weighted by atomic mass is 10.1. The molecule has 2 heterocycles. The molecule has 0 aliphatic heterocycles. The molecule has 2 aromatic rings. The largest absolute Gasteiger partial charge is 0.480 e. The Morgan fingerprint density at radius 2 is 2.15 bits per heavy atom. The Labute approximate surface area is 121 Å². The number of sulfonamides is 1. The highest BCUT2D eigenvalue weighted by atomic mass is 32.2. The minimum Gasteiger partial charge on any atom is -0.480 e. The highest BCUT2D eigenvalue weighted by Crippen LogP contribution is 2.27. The molecule has 2 aromatic heterocycles. The van der Waals surface area contributed by atoms with Crippen LogP contribution >= 0.6 is 11.5 Å². The molecule has 0 bridgehead atoms. The van der Waals surface area contributed by atoms with Crippen LogP contribution in [0.2, 0.25) is 0 Å². The van der Waals surface area contributed by atoms with Crippen molar-refractivity contribution < 1.29 is 13.2 Å². The molecule has 0 radical (unpaired) electrons. The lowest BCUT2D eigenvalue weighted by Gasteiger charge is -2.05. The highest BCUT2D eigenvalue weighted by molar-refractivity contribution is 7.94. The van der Waals surface area contributed by atoms with Crippen LogP contribution in [0.4, 0.5) is 5.82 Å². The molecule has 9 heteroatoms. The molecule has 0 amide bonds. The molecule has 0 spiro atoms. The van der Waals surface area contributed by atoms with Gasteiger partial charge in [0.2, 0.25) is 5.88 Å². The van der Waals surface area contributed by atoms with Gasteiger partial charge in [0.1, 0.15) is 0 Å². The van der Waals surface area contributed by atoms with Crippen molar-refractivity contribution in [2.75, 3.05) is 11.8 Å². The predicted octanol–water partition coefficient (Wildman–Crippen LogP) is 2.11. The maximum atomic E-state index is 12.2. The van der Waals surface area contributed by atoms with Gasteiger partial charge in [0.15, 0.2) is 10.0 Å². The van der Waals surface area contributed by atoms with E-state index in [1.165, 1.54) is 13.2 Å². The third kappa shape index (κ3) is 2.78. The molecule has 7 nitrogen and oxygen atoms in total. The summed E-state index contributed by atoms with van der Waals surface area (Å²) in [5.74, 6) is 0.822. The molecular formula is C11H16N4O3S2. The molecule has 0 aliphatic carbocycles. The molecule has 0 aliphatic rings. The molecular weight excluding hydrogens is 300 g/mol. The molecule has 2 rings (SSSR count). The van der Waals surface area contributed by atoms with Gasteiger partial charge in [-0.3, -0.25) is 9.82 Å². The normalized spacial score (nSPS) is 11.8. The number of aromatic amines is 1. The molecule has 0 fully saturated rings. The number of hydrogen-bond acceptors (Lipinski definition) is 6. The van der Waals surface area contributed by atoms with Crippen LogP contribution in [0.15, 0.2) is 10.3 Å². The summed E-state index contributed by atoms with van der Waals surface area (Å²) in [6, 6.07) is 1.37. The number of ether oxygens (including phenoxy) is 1. The van der Waals surface area contributed by atoms with E-state index in [0.717, 1.165) is 22.8 Å². The van der Waals surface area contributed by atoms with Crippen LogP contribution < -0.4 is 9.46 Å². The Balaban J connectivity index is 2.29. The van der Waals surface area contributed by atoms with Gasteiger partial charge in [-0.25, -0.2) is 8.42 Å². The zero-order valence-electron chi connectivity index (χ0n) is 11.6. The topological polar surface area (TPSA) is 97.0 Å². The minimum atomic E-state index is -3.69. The lowest BCUT2D eigenvalue weighted by molar-refractivity contribution is 0.402. The summed E-state index contributed by atoms with van der Waals surface area (Å²) in [5.41, 5.74) is 1.70. The number of nitrogens with zero attached hydrogens (tertiary/aromatic N) is 2. The van der Waals surface area contributed by atoms with E-state index in [2.05, 4.69) is 19.3 Å². The van der Waals surface area contributed by atoms with Crippen molar-refractivity contribution in [3.05, 3.63) is 17.3 Å². The number of hydrogen-bond donors (Lipinski definition) is 2. The summed E-state index contributed by atoms with van der Waals surface area (Å²) < 4.78 is 35.7. The van der Waals surface area contributed by atoms with E-state index in [9.17, 15) is 8.42 Å². The third-order valence-corrected chi connectivity index (χ3v) is 5.36. The Morgan fingerprint density at radius 3 is 2.65 bits per heavy atom.